The van der Waals surface area contributed by atoms with E-state index in [-0.39, 0.29) is 25.7 Å². The first-order chi connectivity index (χ1) is 40.9. The molecule has 19 heteroatoms. The van der Waals surface area contributed by atoms with Crippen LogP contribution in [-0.2, 0) is 65.4 Å². The third-order valence-corrected chi connectivity index (χ3v) is 17.5. The predicted molar refractivity (Wildman–Crippen MR) is 340 cm³/mol. The van der Waals surface area contributed by atoms with Gasteiger partial charge in [-0.25, -0.2) is 9.13 Å². The van der Waals surface area contributed by atoms with Crippen LogP contribution in [0.15, 0.2) is 0 Å². The lowest BCUT2D eigenvalue weighted by molar-refractivity contribution is -0.161. The molecule has 504 valence electrons. The molecule has 17 nitrogen and oxygen atoms in total. The zero-order chi connectivity index (χ0) is 62.9. The fourth-order valence-corrected chi connectivity index (χ4v) is 11.4. The molecule has 0 heterocycles. The summed E-state index contributed by atoms with van der Waals surface area (Å²) < 4.78 is 68.0. The van der Waals surface area contributed by atoms with Crippen LogP contribution in [0.3, 0.4) is 0 Å². The van der Waals surface area contributed by atoms with Crippen LogP contribution in [0.1, 0.15) is 330 Å². The number of carbonyl (C=O) groups excluding carboxylic acids is 4. The van der Waals surface area contributed by atoms with Crippen molar-refractivity contribution in [2.45, 2.75) is 349 Å². The van der Waals surface area contributed by atoms with Crippen molar-refractivity contribution in [3.63, 3.8) is 0 Å². The van der Waals surface area contributed by atoms with Gasteiger partial charge in [0.05, 0.1) is 26.4 Å². The summed E-state index contributed by atoms with van der Waals surface area (Å²) in [5, 5.41) is 10.5. The maximum atomic E-state index is 13.0. The molecule has 0 aromatic heterocycles. The molecular formula is C66H128O17P2. The molecule has 3 N–H and O–H groups in total. The number of hydrogen-bond acceptors (Lipinski definition) is 15. The monoisotopic (exact) mass is 1250 g/mol. The van der Waals surface area contributed by atoms with E-state index >= 15 is 0 Å². The molecule has 85 heavy (non-hydrogen) atoms. The Bertz CT molecular complexity index is 1670. The molecule has 0 bridgehead atoms. The van der Waals surface area contributed by atoms with Crippen molar-refractivity contribution < 1.29 is 80.2 Å². The summed E-state index contributed by atoms with van der Waals surface area (Å²) in [6.07, 6.45) is 41.7. The van der Waals surface area contributed by atoms with Crippen LogP contribution in [0.5, 0.6) is 0 Å². The number of esters is 4. The molecule has 6 atom stereocenters. The van der Waals surface area contributed by atoms with E-state index in [2.05, 4.69) is 41.5 Å². The molecule has 0 aromatic rings. The lowest BCUT2D eigenvalue weighted by atomic mass is 9.99. The summed E-state index contributed by atoms with van der Waals surface area (Å²) >= 11 is 0. The van der Waals surface area contributed by atoms with E-state index in [1.54, 1.807) is 0 Å². The van der Waals surface area contributed by atoms with Crippen LogP contribution in [0, 0.1) is 11.8 Å². The normalized spacial score (nSPS) is 14.6. The van der Waals surface area contributed by atoms with Gasteiger partial charge < -0.3 is 33.8 Å². The highest BCUT2D eigenvalue weighted by Crippen LogP contribution is 2.45. The summed E-state index contributed by atoms with van der Waals surface area (Å²) in [6.45, 7) is 9.46. The zero-order valence-electron chi connectivity index (χ0n) is 54.9. The molecule has 0 spiro atoms. The largest absolute Gasteiger partial charge is 0.472 e. The van der Waals surface area contributed by atoms with E-state index in [0.717, 1.165) is 115 Å². The van der Waals surface area contributed by atoms with Gasteiger partial charge in [0.1, 0.15) is 19.3 Å². The van der Waals surface area contributed by atoms with E-state index < -0.39 is 97.5 Å². The number of carbonyl (C=O) groups is 4. The topological polar surface area (TPSA) is 237 Å². The molecule has 0 amide bonds. The minimum Gasteiger partial charge on any atom is -0.462 e. The van der Waals surface area contributed by atoms with Gasteiger partial charge in [0.25, 0.3) is 0 Å². The van der Waals surface area contributed by atoms with E-state index in [9.17, 15) is 43.2 Å². The summed E-state index contributed by atoms with van der Waals surface area (Å²) in [5.41, 5.74) is 0. The Balaban J connectivity index is 5.22. The SMILES string of the molecule is CCCCCCCCCCCCCCCC(=O)OC[C@H](COP(=O)(O)OC[C@@H](O)COP(=O)(O)OC[C@@H](COC(=O)CCCCCCCCC)OC(=O)CCCCCCCCCCC(C)C)OC(=O)CCCCCCCCCCCCC(C)CC. The Morgan fingerprint density at radius 3 is 0.894 bits per heavy atom. The van der Waals surface area contributed by atoms with Crippen LogP contribution in [-0.4, -0.2) is 96.7 Å². The summed E-state index contributed by atoms with van der Waals surface area (Å²) in [4.78, 5) is 72.2. The molecular weight excluding hydrogens is 1130 g/mol. The second-order valence-electron chi connectivity index (χ2n) is 24.6. The Morgan fingerprint density at radius 1 is 0.341 bits per heavy atom. The summed E-state index contributed by atoms with van der Waals surface area (Å²) in [6, 6.07) is 0. The number of hydrogen-bond donors (Lipinski definition) is 3. The second kappa shape index (κ2) is 58.4. The first-order valence-corrected chi connectivity index (χ1v) is 37.5. The van der Waals surface area contributed by atoms with Crippen molar-refractivity contribution in [3.8, 4) is 0 Å². The average molecular weight is 1260 g/mol. The average Bonchev–Trinajstić information content (AvgIpc) is 3.49. The van der Waals surface area contributed by atoms with E-state index in [1.807, 2.05) is 0 Å². The van der Waals surface area contributed by atoms with Gasteiger partial charge in [0.2, 0.25) is 0 Å². The van der Waals surface area contributed by atoms with Crippen LogP contribution in [0.25, 0.3) is 0 Å². The molecule has 0 aliphatic rings. The Hall–Kier alpha value is -1.94. The van der Waals surface area contributed by atoms with Gasteiger partial charge in [-0.05, 0) is 37.5 Å². The summed E-state index contributed by atoms with van der Waals surface area (Å²) in [5.74, 6) is -0.613. The van der Waals surface area contributed by atoms with Crippen molar-refractivity contribution in [2.75, 3.05) is 39.6 Å². The van der Waals surface area contributed by atoms with E-state index in [0.29, 0.717) is 25.7 Å². The van der Waals surface area contributed by atoms with Crippen LogP contribution >= 0.6 is 15.6 Å². The molecule has 0 aromatic carbocycles. The van der Waals surface area contributed by atoms with Gasteiger partial charge in [-0.1, -0.05) is 279 Å². The van der Waals surface area contributed by atoms with Crippen molar-refractivity contribution in [2.24, 2.45) is 11.8 Å². The Kier molecular flexibility index (Phi) is 57.1. The van der Waals surface area contributed by atoms with Crippen molar-refractivity contribution in [1.82, 2.24) is 0 Å². The number of aliphatic hydroxyl groups excluding tert-OH is 1. The molecule has 0 aliphatic heterocycles. The minimum absolute atomic E-state index is 0.104. The number of phosphoric ester groups is 2. The van der Waals surface area contributed by atoms with Gasteiger partial charge in [0.15, 0.2) is 12.2 Å². The minimum atomic E-state index is -4.95. The number of aliphatic hydroxyl groups is 1. The fourth-order valence-electron chi connectivity index (χ4n) is 9.85. The maximum Gasteiger partial charge on any atom is 0.472 e. The maximum absolute atomic E-state index is 13.0. The Morgan fingerprint density at radius 2 is 0.600 bits per heavy atom. The number of unbranched alkanes of at least 4 members (excludes halogenated alkanes) is 34. The predicted octanol–water partition coefficient (Wildman–Crippen LogP) is 18.4. The third-order valence-electron chi connectivity index (χ3n) is 15.6. The first-order valence-electron chi connectivity index (χ1n) is 34.5. The molecule has 3 unspecified atom stereocenters. The lowest BCUT2D eigenvalue weighted by Crippen LogP contribution is -2.30. The number of phosphoric acid groups is 2. The van der Waals surface area contributed by atoms with Gasteiger partial charge >= 0.3 is 39.5 Å². The molecule has 0 fully saturated rings. The quantitative estimate of drug-likeness (QED) is 0.0222. The summed E-state index contributed by atoms with van der Waals surface area (Å²) in [7, 11) is -9.89. The van der Waals surface area contributed by atoms with Gasteiger partial charge in [-0.15, -0.1) is 0 Å². The molecule has 0 aliphatic carbocycles. The van der Waals surface area contributed by atoms with Gasteiger partial charge in [-0.2, -0.15) is 0 Å². The highest BCUT2D eigenvalue weighted by Gasteiger charge is 2.30. The van der Waals surface area contributed by atoms with E-state index in [4.69, 9.17) is 37.0 Å². The van der Waals surface area contributed by atoms with Crippen molar-refractivity contribution >= 4 is 39.5 Å². The molecule has 0 radical (unpaired) electrons. The second-order valence-corrected chi connectivity index (χ2v) is 27.5. The molecule has 0 saturated carbocycles. The van der Waals surface area contributed by atoms with Crippen molar-refractivity contribution in [1.29, 1.82) is 0 Å². The standard InChI is InChI=1S/C66H128O17P2/c1-7-10-12-14-16-17-18-19-20-24-31-37-43-49-64(69)77-55-62(82-65(70)50-44-38-32-25-22-21-23-30-35-41-47-59(6)9-3)57-81-85(74,75)79-53-60(67)52-78-84(72,73)80-56-61(54-76-63(68)48-42-36-28-15-13-11-8-2)83-66(71)51-45-39-33-27-26-29-34-40-46-58(4)5/h58-62,67H,7-57H2,1-6H3,(H,72,73)(H,74,75)/t59?,60-,61+,62+/m0/s1. The van der Waals surface area contributed by atoms with Crippen LogP contribution < -0.4 is 0 Å². The smallest absolute Gasteiger partial charge is 0.462 e. The third kappa shape index (κ3) is 59.5. The van der Waals surface area contributed by atoms with Crippen LogP contribution in [0.2, 0.25) is 0 Å². The van der Waals surface area contributed by atoms with Crippen molar-refractivity contribution in [3.05, 3.63) is 0 Å². The molecule has 0 saturated heterocycles. The highest BCUT2D eigenvalue weighted by molar-refractivity contribution is 7.47. The van der Waals surface area contributed by atoms with E-state index in [1.165, 1.54) is 135 Å². The fraction of sp³-hybridized carbons (Fsp3) is 0.939. The van der Waals surface area contributed by atoms with Gasteiger partial charge in [-0.3, -0.25) is 37.3 Å². The Labute approximate surface area is 517 Å². The van der Waals surface area contributed by atoms with Gasteiger partial charge in [0, 0.05) is 25.7 Å². The number of ether oxygens (including phenoxy) is 4. The molecule has 0 rings (SSSR count). The number of rotatable bonds is 65. The first kappa shape index (κ1) is 83.1. The lowest BCUT2D eigenvalue weighted by Gasteiger charge is -2.21. The van der Waals surface area contributed by atoms with Crippen LogP contribution in [0.4, 0.5) is 0 Å². The highest BCUT2D eigenvalue weighted by atomic mass is 31.2. The zero-order valence-corrected chi connectivity index (χ0v) is 56.7.